The molecule has 0 amide bonds. The lowest BCUT2D eigenvalue weighted by atomic mass is 10.1. The summed E-state index contributed by atoms with van der Waals surface area (Å²) in [6, 6.07) is 7.51. The van der Waals surface area contributed by atoms with E-state index in [2.05, 4.69) is 29.3 Å². The average Bonchev–Trinajstić information content (AvgIpc) is 3.74. The summed E-state index contributed by atoms with van der Waals surface area (Å²) in [6.07, 6.45) is -0.403. The van der Waals surface area contributed by atoms with Crippen LogP contribution < -0.4 is 19.7 Å². The molecule has 1 aliphatic heterocycles. The van der Waals surface area contributed by atoms with Gasteiger partial charge in [-0.05, 0) is 38.3 Å². The number of aryl methyl sites for hydroxylation is 1. The lowest BCUT2D eigenvalue weighted by Crippen LogP contribution is -2.29. The molecule has 13 nitrogen and oxygen atoms in total. The quantitative estimate of drug-likeness (QED) is 0.220. The fourth-order valence-electron chi connectivity index (χ4n) is 5.18. The van der Waals surface area contributed by atoms with Crippen LogP contribution in [-0.4, -0.2) is 73.9 Å². The van der Waals surface area contributed by atoms with E-state index in [4.69, 9.17) is 28.7 Å². The number of hydrogen-bond donors (Lipinski definition) is 3. The van der Waals surface area contributed by atoms with Gasteiger partial charge >= 0.3 is 0 Å². The fourth-order valence-corrected chi connectivity index (χ4v) is 5.18. The van der Waals surface area contributed by atoms with Crippen LogP contribution in [0.1, 0.15) is 64.3 Å². The molecule has 0 radical (unpaired) electrons. The van der Waals surface area contributed by atoms with E-state index in [0.717, 1.165) is 24.2 Å². The molecule has 3 N–H and O–H groups in total. The molecule has 1 fully saturated rings. The van der Waals surface area contributed by atoms with Gasteiger partial charge in [-0.2, -0.15) is 9.97 Å². The first-order valence-corrected chi connectivity index (χ1v) is 14.3. The van der Waals surface area contributed by atoms with Gasteiger partial charge in [0.15, 0.2) is 40.5 Å². The van der Waals surface area contributed by atoms with Crippen molar-refractivity contribution in [2.75, 3.05) is 31.0 Å². The predicted octanol–water partition coefficient (Wildman–Crippen LogP) is 4.14. The van der Waals surface area contributed by atoms with Crippen molar-refractivity contribution >= 4 is 28.6 Å². The fraction of sp³-hybridized carbons (Fsp3) is 0.517. The van der Waals surface area contributed by atoms with Gasteiger partial charge in [-0.3, -0.25) is 4.57 Å². The Labute approximate surface area is 244 Å². The van der Waals surface area contributed by atoms with Crippen LogP contribution in [-0.2, 0) is 11.2 Å². The number of imidazole rings is 1. The number of fused-ring (bicyclic) bond motifs is 1. The number of rotatable bonds is 12. The second-order valence-electron chi connectivity index (χ2n) is 10.1. The summed E-state index contributed by atoms with van der Waals surface area (Å²) >= 11 is 0. The van der Waals surface area contributed by atoms with E-state index in [1.807, 2.05) is 36.9 Å². The maximum atomic E-state index is 11.1. The van der Waals surface area contributed by atoms with Crippen LogP contribution in [0, 0.1) is 0 Å². The normalized spacial score (nSPS) is 20.4. The number of benzene rings is 1. The summed E-state index contributed by atoms with van der Waals surface area (Å²) in [7, 11) is 3.18. The highest BCUT2D eigenvalue weighted by Gasteiger charge is 2.47. The SMILES string of the molecule is CCc1cc([C@H]2O[C@@H](n3cnc4c(NC(CC)CC)nc(N(CC)c5ccc(OC)c(OC)c5)nc43)[C@H](O)[C@@H]2O)on1. The molecule has 0 aliphatic carbocycles. The number of nitrogens with one attached hydrogen (secondary N) is 1. The predicted molar refractivity (Wildman–Crippen MR) is 156 cm³/mol. The Balaban J connectivity index is 1.60. The molecule has 0 saturated carbocycles. The number of methoxy groups -OCH3 is 2. The number of nitrogens with zero attached hydrogens (tertiary/aromatic N) is 6. The zero-order valence-electron chi connectivity index (χ0n) is 24.8. The third-order valence-electron chi connectivity index (χ3n) is 7.70. The molecule has 226 valence electrons. The van der Waals surface area contributed by atoms with Crippen molar-refractivity contribution in [2.45, 2.75) is 77.5 Å². The maximum Gasteiger partial charge on any atom is 0.234 e. The zero-order valence-corrected chi connectivity index (χ0v) is 24.8. The van der Waals surface area contributed by atoms with Crippen molar-refractivity contribution in [3.8, 4) is 11.5 Å². The van der Waals surface area contributed by atoms with Crippen LogP contribution >= 0.6 is 0 Å². The van der Waals surface area contributed by atoms with Crippen LogP contribution in [0.2, 0.25) is 0 Å². The number of aliphatic hydroxyl groups is 2. The van der Waals surface area contributed by atoms with Crippen LogP contribution in [0.15, 0.2) is 35.1 Å². The Hall–Kier alpha value is -3.94. The van der Waals surface area contributed by atoms with Gasteiger partial charge in [-0.1, -0.05) is 25.9 Å². The summed E-state index contributed by atoms with van der Waals surface area (Å²) in [5.74, 6) is 2.52. The number of hydrogen-bond acceptors (Lipinski definition) is 12. The summed E-state index contributed by atoms with van der Waals surface area (Å²) < 4.78 is 24.2. The Morgan fingerprint density at radius 2 is 1.79 bits per heavy atom. The molecule has 1 aliphatic rings. The van der Waals surface area contributed by atoms with Crippen molar-refractivity contribution < 1.29 is 28.9 Å². The molecular weight excluding hydrogens is 542 g/mol. The van der Waals surface area contributed by atoms with Crippen molar-refractivity contribution in [2.24, 2.45) is 0 Å². The molecule has 4 aromatic rings. The molecule has 5 rings (SSSR count). The van der Waals surface area contributed by atoms with Crippen LogP contribution in [0.4, 0.5) is 17.5 Å². The first-order valence-electron chi connectivity index (χ1n) is 14.3. The van der Waals surface area contributed by atoms with Crippen molar-refractivity contribution in [3.05, 3.63) is 42.0 Å². The van der Waals surface area contributed by atoms with Crippen LogP contribution in [0.3, 0.4) is 0 Å². The third kappa shape index (κ3) is 5.35. The molecular formula is C29H39N7O6. The van der Waals surface area contributed by atoms with E-state index in [1.165, 1.54) is 0 Å². The van der Waals surface area contributed by atoms with Gasteiger partial charge in [0.2, 0.25) is 5.95 Å². The Bertz CT molecular complexity index is 1500. The smallest absolute Gasteiger partial charge is 0.234 e. The van der Waals surface area contributed by atoms with Gasteiger partial charge in [0.05, 0.1) is 26.2 Å². The summed E-state index contributed by atoms with van der Waals surface area (Å²) in [5, 5.41) is 29.6. The van der Waals surface area contributed by atoms with E-state index < -0.39 is 24.5 Å². The molecule has 3 aromatic heterocycles. The molecule has 0 bridgehead atoms. The standard InChI is InChI=1S/C29H39N7O6/c1-7-16(8-2)31-26-22-27(33-29(32-26)35(10-4)18-11-12-19(39-5)20(14-18)40-6)36(15-30-22)28-24(38)23(37)25(41-28)21-13-17(9-3)34-42-21/h11-16,23-25,28,37-38H,7-10H2,1-6H3,(H,31,32,33)/t23-,24+,25+,28+/m0/s1. The number of aromatic nitrogens is 5. The maximum absolute atomic E-state index is 11.1. The largest absolute Gasteiger partial charge is 0.493 e. The minimum Gasteiger partial charge on any atom is -0.493 e. The molecule has 1 saturated heterocycles. The summed E-state index contributed by atoms with van der Waals surface area (Å²) in [6.45, 7) is 8.73. The lowest BCUT2D eigenvalue weighted by molar-refractivity contribution is -0.0434. The van der Waals surface area contributed by atoms with Gasteiger partial charge in [0, 0.05) is 30.4 Å². The third-order valence-corrected chi connectivity index (χ3v) is 7.70. The van der Waals surface area contributed by atoms with Gasteiger partial charge in [0.1, 0.15) is 18.3 Å². The highest BCUT2D eigenvalue weighted by Crippen LogP contribution is 2.41. The Kier molecular flexibility index (Phi) is 8.80. The minimum absolute atomic E-state index is 0.163. The first-order chi connectivity index (χ1) is 20.4. The molecule has 1 aromatic carbocycles. The molecule has 42 heavy (non-hydrogen) atoms. The van der Waals surface area contributed by atoms with Crippen molar-refractivity contribution in [3.63, 3.8) is 0 Å². The van der Waals surface area contributed by atoms with Crippen molar-refractivity contribution in [1.82, 2.24) is 24.7 Å². The minimum atomic E-state index is -1.27. The highest BCUT2D eigenvalue weighted by atomic mass is 16.6. The van der Waals surface area contributed by atoms with Gasteiger partial charge in [-0.25, -0.2) is 4.98 Å². The second kappa shape index (κ2) is 12.5. The molecule has 0 spiro atoms. The monoisotopic (exact) mass is 581 g/mol. The zero-order chi connectivity index (χ0) is 30.0. The van der Waals surface area contributed by atoms with E-state index in [1.54, 1.807) is 31.2 Å². The molecule has 13 heteroatoms. The molecule has 0 unspecified atom stereocenters. The van der Waals surface area contributed by atoms with E-state index >= 15 is 0 Å². The van der Waals surface area contributed by atoms with E-state index in [-0.39, 0.29) is 6.04 Å². The van der Waals surface area contributed by atoms with Crippen LogP contribution in [0.5, 0.6) is 11.5 Å². The van der Waals surface area contributed by atoms with E-state index in [0.29, 0.717) is 53.2 Å². The van der Waals surface area contributed by atoms with E-state index in [9.17, 15) is 10.2 Å². The Morgan fingerprint density at radius 3 is 2.43 bits per heavy atom. The number of anilines is 3. The number of ether oxygens (including phenoxy) is 3. The van der Waals surface area contributed by atoms with Gasteiger partial charge in [-0.15, -0.1) is 0 Å². The van der Waals surface area contributed by atoms with Crippen molar-refractivity contribution in [1.29, 1.82) is 0 Å². The molecule has 4 atom stereocenters. The molecule has 4 heterocycles. The first kappa shape index (κ1) is 29.5. The van der Waals surface area contributed by atoms with Crippen LogP contribution in [0.25, 0.3) is 11.2 Å². The number of aliphatic hydroxyl groups excluding tert-OH is 2. The summed E-state index contributed by atoms with van der Waals surface area (Å²) in [5.41, 5.74) is 2.50. The Morgan fingerprint density at radius 1 is 1.02 bits per heavy atom. The highest BCUT2D eigenvalue weighted by molar-refractivity contribution is 5.85. The summed E-state index contributed by atoms with van der Waals surface area (Å²) in [4.78, 5) is 16.4. The topological polar surface area (TPSA) is 153 Å². The van der Waals surface area contributed by atoms with Gasteiger partial charge in [0.25, 0.3) is 0 Å². The average molecular weight is 582 g/mol. The second-order valence-corrected chi connectivity index (χ2v) is 10.1. The van der Waals surface area contributed by atoms with Gasteiger partial charge < -0.3 is 39.2 Å². The lowest BCUT2D eigenvalue weighted by Gasteiger charge is -2.24.